The summed E-state index contributed by atoms with van der Waals surface area (Å²) in [5.74, 6) is -2.38. The third kappa shape index (κ3) is 15.0. The van der Waals surface area contributed by atoms with Crippen LogP contribution in [-0.2, 0) is 14.3 Å². The van der Waals surface area contributed by atoms with Gasteiger partial charge >= 0.3 is 0 Å². The second-order valence-electron chi connectivity index (χ2n) is 12.5. The van der Waals surface area contributed by atoms with Gasteiger partial charge in [0, 0.05) is 19.4 Å². The highest BCUT2D eigenvalue weighted by Gasteiger charge is 2.52. The predicted octanol–water partition coefficient (Wildman–Crippen LogP) is 5.28. The van der Waals surface area contributed by atoms with Crippen molar-refractivity contribution in [3.8, 4) is 0 Å². The van der Waals surface area contributed by atoms with E-state index in [0.717, 1.165) is 44.9 Å². The van der Waals surface area contributed by atoms with Gasteiger partial charge in [-0.3, -0.25) is 14.5 Å². The average molecular weight is 600 g/mol. The van der Waals surface area contributed by atoms with Crippen LogP contribution in [0.3, 0.4) is 0 Å². The fraction of sp³-hybridized carbons (Fsp3) is 0.939. The Morgan fingerprint density at radius 2 is 1.29 bits per heavy atom. The third-order valence-corrected chi connectivity index (χ3v) is 8.49. The first-order chi connectivity index (χ1) is 20.2. The first-order valence-corrected chi connectivity index (χ1v) is 17.2. The standard InChI is InChI=1S/C33H65N3O6/c1-4-6-8-10-12-14-16-18-20-22-24-36(30(39)23-21-19-17-15-13-11-9-7-5-2)33(35-32(41)27(3)34)25-28(38)31(40)29(26-37)42-33/h27-29,31,37-38,40H,4-26,34H2,1-3H3,(H,35,41)/t27-,28+,29+,31-,33-/m0/s1. The number of rotatable bonds is 25. The van der Waals surface area contributed by atoms with Crippen LogP contribution in [-0.4, -0.2) is 75.4 Å². The van der Waals surface area contributed by atoms with Gasteiger partial charge in [-0.25, -0.2) is 0 Å². The van der Waals surface area contributed by atoms with Crippen molar-refractivity contribution in [2.45, 2.75) is 186 Å². The van der Waals surface area contributed by atoms with Gasteiger partial charge in [0.25, 0.3) is 0 Å². The lowest BCUT2D eigenvalue weighted by molar-refractivity contribution is -0.280. The Morgan fingerprint density at radius 3 is 1.74 bits per heavy atom. The fourth-order valence-corrected chi connectivity index (χ4v) is 5.78. The van der Waals surface area contributed by atoms with Crippen LogP contribution >= 0.6 is 0 Å². The first-order valence-electron chi connectivity index (χ1n) is 17.2. The smallest absolute Gasteiger partial charge is 0.240 e. The monoisotopic (exact) mass is 599 g/mol. The van der Waals surface area contributed by atoms with Gasteiger partial charge in [0.1, 0.15) is 12.2 Å². The number of carbonyl (C=O) groups is 2. The lowest BCUT2D eigenvalue weighted by Crippen LogP contribution is -2.72. The second-order valence-corrected chi connectivity index (χ2v) is 12.5. The summed E-state index contributed by atoms with van der Waals surface area (Å²) in [5, 5.41) is 33.8. The van der Waals surface area contributed by atoms with Gasteiger partial charge in [-0.15, -0.1) is 0 Å². The van der Waals surface area contributed by atoms with Crippen LogP contribution in [0.1, 0.15) is 156 Å². The van der Waals surface area contributed by atoms with Gasteiger partial charge in [0.15, 0.2) is 0 Å². The van der Waals surface area contributed by atoms with E-state index in [9.17, 15) is 24.9 Å². The van der Waals surface area contributed by atoms with Crippen LogP contribution in [0.25, 0.3) is 0 Å². The molecule has 0 saturated carbocycles. The van der Waals surface area contributed by atoms with Crippen molar-refractivity contribution in [1.82, 2.24) is 10.2 Å². The van der Waals surface area contributed by atoms with E-state index in [2.05, 4.69) is 19.2 Å². The molecule has 6 N–H and O–H groups in total. The molecule has 1 aliphatic heterocycles. The Balaban J connectivity index is 2.86. The van der Waals surface area contributed by atoms with Crippen molar-refractivity contribution < 1.29 is 29.6 Å². The van der Waals surface area contributed by atoms with Crippen molar-refractivity contribution in [3.63, 3.8) is 0 Å². The molecule has 0 aromatic carbocycles. The first kappa shape index (κ1) is 38.8. The van der Waals surface area contributed by atoms with E-state index >= 15 is 0 Å². The molecule has 0 bridgehead atoms. The lowest BCUT2D eigenvalue weighted by Gasteiger charge is -2.51. The minimum Gasteiger partial charge on any atom is -0.394 e. The molecule has 248 valence electrons. The summed E-state index contributed by atoms with van der Waals surface area (Å²) in [6, 6.07) is -0.867. The maximum Gasteiger partial charge on any atom is 0.240 e. The molecule has 1 fully saturated rings. The van der Waals surface area contributed by atoms with Crippen LogP contribution in [0.4, 0.5) is 0 Å². The Labute approximate surface area is 256 Å². The number of nitrogens with zero attached hydrogens (tertiary/aromatic N) is 1. The quantitative estimate of drug-likeness (QED) is 0.0709. The number of nitrogens with one attached hydrogen (secondary N) is 1. The van der Waals surface area contributed by atoms with Crippen LogP contribution in [0.15, 0.2) is 0 Å². The summed E-state index contributed by atoms with van der Waals surface area (Å²) >= 11 is 0. The molecular weight excluding hydrogens is 534 g/mol. The molecular formula is C33H65N3O6. The van der Waals surface area contributed by atoms with E-state index in [4.69, 9.17) is 10.5 Å². The summed E-state index contributed by atoms with van der Waals surface area (Å²) < 4.78 is 6.10. The topological polar surface area (TPSA) is 145 Å². The largest absolute Gasteiger partial charge is 0.394 e. The highest BCUT2D eigenvalue weighted by molar-refractivity contribution is 5.83. The fourth-order valence-electron chi connectivity index (χ4n) is 5.78. The number of carbonyl (C=O) groups excluding carboxylic acids is 2. The number of amides is 2. The summed E-state index contributed by atoms with van der Waals surface area (Å²) in [4.78, 5) is 28.1. The molecule has 1 heterocycles. The molecule has 0 aromatic rings. The zero-order valence-corrected chi connectivity index (χ0v) is 27.2. The molecule has 0 aliphatic carbocycles. The molecule has 1 aliphatic rings. The number of hydrogen-bond acceptors (Lipinski definition) is 7. The summed E-state index contributed by atoms with van der Waals surface area (Å²) in [7, 11) is 0. The molecule has 0 aromatic heterocycles. The zero-order chi connectivity index (χ0) is 31.2. The van der Waals surface area contributed by atoms with Crippen molar-refractivity contribution in [2.24, 2.45) is 5.73 Å². The molecule has 0 spiro atoms. The zero-order valence-electron chi connectivity index (χ0n) is 27.2. The lowest BCUT2D eigenvalue weighted by atomic mass is 9.96. The van der Waals surface area contributed by atoms with Crippen LogP contribution in [0.2, 0.25) is 0 Å². The van der Waals surface area contributed by atoms with Gasteiger partial charge in [0.05, 0.1) is 18.8 Å². The number of nitrogens with two attached hydrogens (primary N) is 1. The number of unbranched alkanes of at least 4 members (excludes halogenated alkanes) is 17. The number of ether oxygens (including phenoxy) is 1. The van der Waals surface area contributed by atoms with Gasteiger partial charge in [0.2, 0.25) is 17.7 Å². The highest BCUT2D eigenvalue weighted by atomic mass is 16.6. The van der Waals surface area contributed by atoms with Crippen molar-refractivity contribution in [2.75, 3.05) is 13.2 Å². The van der Waals surface area contributed by atoms with Crippen LogP contribution in [0, 0.1) is 0 Å². The van der Waals surface area contributed by atoms with E-state index in [-0.39, 0.29) is 12.3 Å². The van der Waals surface area contributed by atoms with Gasteiger partial charge in [-0.05, 0) is 19.8 Å². The Bertz CT molecular complexity index is 709. The molecule has 2 amide bonds. The van der Waals surface area contributed by atoms with Gasteiger partial charge < -0.3 is 31.1 Å². The van der Waals surface area contributed by atoms with E-state index in [1.54, 1.807) is 0 Å². The van der Waals surface area contributed by atoms with Crippen LogP contribution in [0.5, 0.6) is 0 Å². The molecule has 0 unspecified atom stereocenters. The molecule has 42 heavy (non-hydrogen) atoms. The SMILES string of the molecule is CCCCCCCCCCCCN(C(=O)CCCCCCCCCCC)[C@@]1(NC(=O)[C@H](C)N)C[C@@H](O)[C@H](O)[C@@H](CO)O1. The molecule has 9 nitrogen and oxygen atoms in total. The average Bonchev–Trinajstić information content (AvgIpc) is 2.96. The molecule has 1 saturated heterocycles. The molecule has 9 heteroatoms. The summed E-state index contributed by atoms with van der Waals surface area (Å²) in [6.45, 7) is 5.76. The van der Waals surface area contributed by atoms with Crippen molar-refractivity contribution in [1.29, 1.82) is 0 Å². The van der Waals surface area contributed by atoms with Crippen LogP contribution < -0.4 is 11.1 Å². The maximum absolute atomic E-state index is 13.7. The minimum absolute atomic E-state index is 0.167. The summed E-state index contributed by atoms with van der Waals surface area (Å²) in [6.07, 6.45) is 18.0. The number of hydrogen-bond donors (Lipinski definition) is 5. The normalized spacial score (nSPS) is 23.1. The van der Waals surface area contributed by atoms with E-state index in [1.165, 1.54) is 88.9 Å². The van der Waals surface area contributed by atoms with E-state index < -0.39 is 42.7 Å². The second kappa shape index (κ2) is 23.2. The number of aliphatic hydroxyl groups excluding tert-OH is 3. The highest BCUT2D eigenvalue weighted by Crippen LogP contribution is 2.32. The number of aliphatic hydroxyl groups is 3. The summed E-state index contributed by atoms with van der Waals surface area (Å²) in [5.41, 5.74) is 5.86. The van der Waals surface area contributed by atoms with Gasteiger partial charge in [-0.1, -0.05) is 123 Å². The van der Waals surface area contributed by atoms with Crippen molar-refractivity contribution in [3.05, 3.63) is 0 Å². The third-order valence-electron chi connectivity index (χ3n) is 8.49. The van der Waals surface area contributed by atoms with E-state index in [0.29, 0.717) is 13.0 Å². The van der Waals surface area contributed by atoms with E-state index in [1.807, 2.05) is 0 Å². The maximum atomic E-state index is 13.7. The Morgan fingerprint density at radius 1 is 0.833 bits per heavy atom. The Kier molecular flexibility index (Phi) is 21.4. The molecule has 1 rings (SSSR count). The molecule has 0 radical (unpaired) electrons. The van der Waals surface area contributed by atoms with Gasteiger partial charge in [-0.2, -0.15) is 0 Å². The predicted molar refractivity (Wildman–Crippen MR) is 169 cm³/mol. The minimum atomic E-state index is -1.69. The van der Waals surface area contributed by atoms with Crippen molar-refractivity contribution >= 4 is 11.8 Å². The Hall–Kier alpha value is -1.26. The molecule has 5 atom stereocenters.